The SMILES string of the molecule is CCOc1ccc(N(CC(=O)NCc2cc(CC)ccc2CC)S(=O)(=O)c2ccc(F)cc2)cc1. The van der Waals surface area contributed by atoms with Crippen molar-refractivity contribution in [3.63, 3.8) is 0 Å². The molecule has 0 unspecified atom stereocenters. The van der Waals surface area contributed by atoms with Gasteiger partial charge in [0.05, 0.1) is 17.2 Å². The minimum atomic E-state index is -4.13. The highest BCUT2D eigenvalue weighted by molar-refractivity contribution is 7.92. The average molecular weight is 499 g/mol. The third kappa shape index (κ3) is 6.60. The molecule has 8 heteroatoms. The van der Waals surface area contributed by atoms with Gasteiger partial charge in [-0.05, 0) is 85.0 Å². The Balaban J connectivity index is 1.86. The van der Waals surface area contributed by atoms with E-state index in [0.29, 0.717) is 24.6 Å². The first-order valence-corrected chi connectivity index (χ1v) is 13.1. The van der Waals surface area contributed by atoms with E-state index in [1.54, 1.807) is 24.3 Å². The van der Waals surface area contributed by atoms with Gasteiger partial charge in [0.1, 0.15) is 18.1 Å². The molecule has 0 aliphatic carbocycles. The zero-order valence-electron chi connectivity index (χ0n) is 20.3. The van der Waals surface area contributed by atoms with E-state index in [2.05, 4.69) is 37.4 Å². The van der Waals surface area contributed by atoms with E-state index in [1.807, 2.05) is 6.92 Å². The first kappa shape index (κ1) is 26.2. The largest absolute Gasteiger partial charge is 0.494 e. The van der Waals surface area contributed by atoms with Crippen molar-refractivity contribution in [2.24, 2.45) is 0 Å². The standard InChI is InChI=1S/C27H31FN2O4S/c1-4-20-7-8-21(5-2)22(17-20)18-29-27(31)19-30(24-11-13-25(14-12-24)34-6-3)35(32,33)26-15-9-23(28)10-16-26/h7-17H,4-6,18-19H2,1-3H3,(H,29,31). The van der Waals surface area contributed by atoms with Crippen LogP contribution in [0, 0.1) is 5.82 Å². The molecule has 35 heavy (non-hydrogen) atoms. The van der Waals surface area contributed by atoms with Crippen molar-refractivity contribution < 1.29 is 22.3 Å². The maximum absolute atomic E-state index is 13.4. The van der Waals surface area contributed by atoms with Gasteiger partial charge in [-0.15, -0.1) is 0 Å². The second kappa shape index (κ2) is 11.8. The Morgan fingerprint density at radius 3 is 2.20 bits per heavy atom. The van der Waals surface area contributed by atoms with E-state index in [4.69, 9.17) is 4.74 Å². The molecule has 186 valence electrons. The Hall–Kier alpha value is -3.39. The number of carbonyl (C=O) groups is 1. The van der Waals surface area contributed by atoms with E-state index < -0.39 is 28.3 Å². The lowest BCUT2D eigenvalue weighted by molar-refractivity contribution is -0.119. The summed E-state index contributed by atoms with van der Waals surface area (Å²) in [5.41, 5.74) is 3.61. The van der Waals surface area contributed by atoms with Gasteiger partial charge in [0.25, 0.3) is 10.0 Å². The Kier molecular flexibility index (Phi) is 8.87. The molecule has 0 aromatic heterocycles. The van der Waals surface area contributed by atoms with Crippen LogP contribution in [0.4, 0.5) is 10.1 Å². The van der Waals surface area contributed by atoms with Gasteiger partial charge in [0, 0.05) is 6.54 Å². The maximum atomic E-state index is 13.4. The van der Waals surface area contributed by atoms with E-state index in [0.717, 1.165) is 40.4 Å². The lowest BCUT2D eigenvalue weighted by Gasteiger charge is -2.24. The smallest absolute Gasteiger partial charge is 0.264 e. The molecule has 0 bridgehead atoms. The highest BCUT2D eigenvalue weighted by atomic mass is 32.2. The lowest BCUT2D eigenvalue weighted by Crippen LogP contribution is -2.40. The zero-order valence-corrected chi connectivity index (χ0v) is 21.1. The molecule has 0 radical (unpaired) electrons. The third-order valence-corrected chi connectivity index (χ3v) is 7.45. The van der Waals surface area contributed by atoms with E-state index in [1.165, 1.54) is 17.7 Å². The van der Waals surface area contributed by atoms with Crippen LogP contribution in [-0.4, -0.2) is 27.5 Å². The molecule has 1 amide bonds. The van der Waals surface area contributed by atoms with E-state index >= 15 is 0 Å². The topological polar surface area (TPSA) is 75.7 Å². The van der Waals surface area contributed by atoms with Crippen LogP contribution in [0.5, 0.6) is 5.75 Å². The van der Waals surface area contributed by atoms with Gasteiger partial charge < -0.3 is 10.1 Å². The van der Waals surface area contributed by atoms with Crippen molar-refractivity contribution in [1.29, 1.82) is 0 Å². The van der Waals surface area contributed by atoms with Crippen LogP contribution in [0.1, 0.15) is 37.5 Å². The van der Waals surface area contributed by atoms with Gasteiger partial charge in [-0.25, -0.2) is 12.8 Å². The molecule has 0 heterocycles. The number of carbonyl (C=O) groups excluding carboxylic acids is 1. The van der Waals surface area contributed by atoms with Crippen LogP contribution >= 0.6 is 0 Å². The fourth-order valence-electron chi connectivity index (χ4n) is 3.71. The van der Waals surface area contributed by atoms with Crippen molar-refractivity contribution in [3.05, 3.63) is 89.2 Å². The number of aryl methyl sites for hydroxylation is 2. The molecular weight excluding hydrogens is 467 g/mol. The average Bonchev–Trinajstić information content (AvgIpc) is 2.86. The number of hydrogen-bond donors (Lipinski definition) is 1. The second-order valence-electron chi connectivity index (χ2n) is 7.98. The summed E-state index contributed by atoms with van der Waals surface area (Å²) in [6.07, 6.45) is 1.71. The number of benzene rings is 3. The van der Waals surface area contributed by atoms with Gasteiger partial charge in [0.2, 0.25) is 5.91 Å². The summed E-state index contributed by atoms with van der Waals surface area (Å²) < 4.78 is 46.8. The van der Waals surface area contributed by atoms with Crippen LogP contribution in [-0.2, 0) is 34.2 Å². The first-order chi connectivity index (χ1) is 16.8. The quantitative estimate of drug-likeness (QED) is 0.410. The molecule has 3 aromatic rings. The van der Waals surface area contributed by atoms with Crippen LogP contribution in [0.25, 0.3) is 0 Å². The number of nitrogens with one attached hydrogen (secondary N) is 1. The predicted octanol–water partition coefficient (Wildman–Crippen LogP) is 4.86. The Bertz CT molecular complexity index is 1240. The Morgan fingerprint density at radius 2 is 1.60 bits per heavy atom. The highest BCUT2D eigenvalue weighted by Crippen LogP contribution is 2.26. The van der Waals surface area contributed by atoms with E-state index in [-0.39, 0.29) is 4.90 Å². The summed E-state index contributed by atoms with van der Waals surface area (Å²) in [5.74, 6) is -0.411. The summed E-state index contributed by atoms with van der Waals surface area (Å²) in [7, 11) is -4.13. The maximum Gasteiger partial charge on any atom is 0.264 e. The van der Waals surface area contributed by atoms with Gasteiger partial charge in [-0.2, -0.15) is 0 Å². The highest BCUT2D eigenvalue weighted by Gasteiger charge is 2.27. The molecule has 6 nitrogen and oxygen atoms in total. The van der Waals surface area contributed by atoms with Crippen molar-refractivity contribution in [1.82, 2.24) is 5.32 Å². The van der Waals surface area contributed by atoms with Gasteiger partial charge in [-0.3, -0.25) is 9.10 Å². The number of anilines is 1. The number of halogens is 1. The van der Waals surface area contributed by atoms with Gasteiger partial charge in [-0.1, -0.05) is 32.0 Å². The van der Waals surface area contributed by atoms with Crippen LogP contribution in [0.15, 0.2) is 71.6 Å². The first-order valence-electron chi connectivity index (χ1n) is 11.7. The summed E-state index contributed by atoms with van der Waals surface area (Å²) in [6, 6.07) is 17.2. The molecule has 0 atom stereocenters. The zero-order chi connectivity index (χ0) is 25.4. The third-order valence-electron chi connectivity index (χ3n) is 5.66. The Labute approximate surface area is 206 Å². The summed E-state index contributed by atoms with van der Waals surface area (Å²) in [4.78, 5) is 12.8. The number of sulfonamides is 1. The Morgan fingerprint density at radius 1 is 0.914 bits per heavy atom. The number of nitrogens with zero attached hydrogens (tertiary/aromatic N) is 1. The van der Waals surface area contributed by atoms with Crippen molar-refractivity contribution in [3.8, 4) is 5.75 Å². The monoisotopic (exact) mass is 498 g/mol. The number of ether oxygens (including phenoxy) is 1. The van der Waals surface area contributed by atoms with Crippen molar-refractivity contribution in [2.75, 3.05) is 17.5 Å². The second-order valence-corrected chi connectivity index (χ2v) is 9.84. The van der Waals surface area contributed by atoms with Gasteiger partial charge >= 0.3 is 0 Å². The lowest BCUT2D eigenvalue weighted by atomic mass is 10.0. The number of amides is 1. The fraction of sp³-hybridized carbons (Fsp3) is 0.296. The van der Waals surface area contributed by atoms with Crippen LogP contribution in [0.3, 0.4) is 0 Å². The normalized spacial score (nSPS) is 11.2. The molecular formula is C27H31FN2O4S. The fourth-order valence-corrected chi connectivity index (χ4v) is 5.13. The van der Waals surface area contributed by atoms with Crippen LogP contribution < -0.4 is 14.4 Å². The summed E-state index contributed by atoms with van der Waals surface area (Å²) in [5, 5.41) is 2.86. The number of rotatable bonds is 11. The molecule has 0 saturated carbocycles. The molecule has 0 aliphatic heterocycles. The minimum Gasteiger partial charge on any atom is -0.494 e. The number of hydrogen-bond acceptors (Lipinski definition) is 4. The predicted molar refractivity (Wildman–Crippen MR) is 136 cm³/mol. The molecule has 0 spiro atoms. The molecule has 0 fully saturated rings. The van der Waals surface area contributed by atoms with E-state index in [9.17, 15) is 17.6 Å². The van der Waals surface area contributed by atoms with Crippen molar-refractivity contribution >= 4 is 21.6 Å². The molecule has 0 aliphatic rings. The van der Waals surface area contributed by atoms with Crippen LogP contribution in [0.2, 0.25) is 0 Å². The summed E-state index contributed by atoms with van der Waals surface area (Å²) >= 11 is 0. The minimum absolute atomic E-state index is 0.107. The van der Waals surface area contributed by atoms with Gasteiger partial charge in [0.15, 0.2) is 0 Å². The summed E-state index contributed by atoms with van der Waals surface area (Å²) in [6.45, 7) is 6.31. The molecule has 0 saturated heterocycles. The molecule has 3 rings (SSSR count). The van der Waals surface area contributed by atoms with Crippen molar-refractivity contribution in [2.45, 2.75) is 45.1 Å². The molecule has 3 aromatic carbocycles. The molecule has 1 N–H and O–H groups in total.